The van der Waals surface area contributed by atoms with Crippen molar-refractivity contribution < 1.29 is 4.79 Å². The van der Waals surface area contributed by atoms with Crippen LogP contribution in [0.4, 0.5) is 0 Å². The van der Waals surface area contributed by atoms with Gasteiger partial charge in [0.15, 0.2) is 0 Å². The SMILES string of the molecule is Cl.NCC1CCCN1C(=O)c1cc(=O)[nH]c2ccccc12. The number of para-hydroxylation sites is 1. The minimum absolute atomic E-state index is 0. The zero-order chi connectivity index (χ0) is 14.1. The second-order valence-corrected chi connectivity index (χ2v) is 5.12. The summed E-state index contributed by atoms with van der Waals surface area (Å²) in [4.78, 5) is 29.0. The van der Waals surface area contributed by atoms with E-state index in [4.69, 9.17) is 5.73 Å². The maximum Gasteiger partial charge on any atom is 0.255 e. The highest BCUT2D eigenvalue weighted by Gasteiger charge is 2.29. The number of hydrogen-bond acceptors (Lipinski definition) is 3. The minimum atomic E-state index is -0.254. The molecule has 1 aromatic heterocycles. The van der Waals surface area contributed by atoms with Gasteiger partial charge in [0.25, 0.3) is 5.91 Å². The number of nitrogens with zero attached hydrogens (tertiary/aromatic N) is 1. The normalized spacial score (nSPS) is 17.8. The molecule has 1 aliphatic rings. The number of halogens is 1. The predicted molar refractivity (Wildman–Crippen MR) is 84.9 cm³/mol. The van der Waals surface area contributed by atoms with Gasteiger partial charge in [0.2, 0.25) is 5.56 Å². The topological polar surface area (TPSA) is 79.2 Å². The highest BCUT2D eigenvalue weighted by molar-refractivity contribution is 6.06. The highest BCUT2D eigenvalue weighted by Crippen LogP contribution is 2.22. The number of carbonyl (C=O) groups is 1. The fraction of sp³-hybridized carbons (Fsp3) is 0.333. The van der Waals surface area contributed by atoms with Crippen molar-refractivity contribution in [3.8, 4) is 0 Å². The maximum absolute atomic E-state index is 12.7. The first-order chi connectivity index (χ1) is 9.70. The predicted octanol–water partition coefficient (Wildman–Crippen LogP) is 1.51. The van der Waals surface area contributed by atoms with Crippen LogP contribution in [0.25, 0.3) is 10.9 Å². The number of H-pyrrole nitrogens is 1. The standard InChI is InChI=1S/C15H17N3O2.ClH/c16-9-10-4-3-7-18(10)15(20)12-8-14(19)17-13-6-2-1-5-11(12)13;/h1-2,5-6,8,10H,3-4,7,9,16H2,(H,17,19);1H. The van der Waals surface area contributed by atoms with E-state index in [1.54, 1.807) is 11.0 Å². The molecule has 1 aromatic carbocycles. The number of amides is 1. The molecule has 1 fully saturated rings. The van der Waals surface area contributed by atoms with Crippen molar-refractivity contribution in [2.24, 2.45) is 5.73 Å². The first-order valence-corrected chi connectivity index (χ1v) is 6.84. The molecule has 0 bridgehead atoms. The van der Waals surface area contributed by atoms with Crippen molar-refractivity contribution >= 4 is 29.2 Å². The van der Waals surface area contributed by atoms with E-state index in [-0.39, 0.29) is 29.9 Å². The van der Waals surface area contributed by atoms with Crippen molar-refractivity contribution in [2.75, 3.05) is 13.1 Å². The average Bonchev–Trinajstić information content (AvgIpc) is 2.94. The Hall–Kier alpha value is -1.85. The first kappa shape index (κ1) is 15.5. The number of nitrogens with two attached hydrogens (primary N) is 1. The molecule has 2 aromatic rings. The van der Waals surface area contributed by atoms with E-state index in [0.29, 0.717) is 24.2 Å². The number of nitrogens with one attached hydrogen (secondary N) is 1. The molecule has 1 aliphatic heterocycles. The number of benzene rings is 1. The summed E-state index contributed by atoms with van der Waals surface area (Å²) in [5.74, 6) is -0.0970. The van der Waals surface area contributed by atoms with Crippen LogP contribution in [0.1, 0.15) is 23.2 Å². The smallest absolute Gasteiger partial charge is 0.255 e. The molecule has 3 rings (SSSR count). The Bertz CT molecular complexity index is 713. The molecular formula is C15H18ClN3O2. The van der Waals surface area contributed by atoms with Crippen molar-refractivity contribution in [2.45, 2.75) is 18.9 Å². The molecule has 0 radical (unpaired) electrons. The fourth-order valence-electron chi connectivity index (χ4n) is 2.88. The van der Waals surface area contributed by atoms with Crippen LogP contribution in [0.5, 0.6) is 0 Å². The summed E-state index contributed by atoms with van der Waals surface area (Å²) < 4.78 is 0. The number of hydrogen-bond donors (Lipinski definition) is 2. The number of likely N-dealkylation sites (tertiary alicyclic amines) is 1. The number of fused-ring (bicyclic) bond motifs is 1. The number of pyridine rings is 1. The van der Waals surface area contributed by atoms with E-state index < -0.39 is 0 Å². The average molecular weight is 308 g/mol. The fourth-order valence-corrected chi connectivity index (χ4v) is 2.88. The Labute approximate surface area is 128 Å². The second kappa shape index (κ2) is 6.28. The van der Waals surface area contributed by atoms with Crippen molar-refractivity contribution in [3.63, 3.8) is 0 Å². The zero-order valence-corrected chi connectivity index (χ0v) is 12.4. The molecule has 1 amide bonds. The van der Waals surface area contributed by atoms with E-state index >= 15 is 0 Å². The van der Waals surface area contributed by atoms with Crippen molar-refractivity contribution in [1.29, 1.82) is 0 Å². The lowest BCUT2D eigenvalue weighted by molar-refractivity contribution is 0.0743. The molecule has 112 valence electrons. The lowest BCUT2D eigenvalue weighted by Crippen LogP contribution is -2.40. The van der Waals surface area contributed by atoms with Crippen LogP contribution in [0.3, 0.4) is 0 Å². The quantitative estimate of drug-likeness (QED) is 0.882. The van der Waals surface area contributed by atoms with Gasteiger partial charge in [0, 0.05) is 36.1 Å². The van der Waals surface area contributed by atoms with E-state index in [1.807, 2.05) is 18.2 Å². The van der Waals surface area contributed by atoms with Gasteiger partial charge in [-0.2, -0.15) is 0 Å². The third-order valence-corrected chi connectivity index (χ3v) is 3.89. The molecule has 6 heteroatoms. The number of aromatic nitrogens is 1. The summed E-state index contributed by atoms with van der Waals surface area (Å²) in [6.07, 6.45) is 1.90. The molecule has 3 N–H and O–H groups in total. The Balaban J connectivity index is 0.00000161. The van der Waals surface area contributed by atoms with Gasteiger partial charge < -0.3 is 15.6 Å². The largest absolute Gasteiger partial charge is 0.334 e. The van der Waals surface area contributed by atoms with Gasteiger partial charge in [-0.25, -0.2) is 0 Å². The first-order valence-electron chi connectivity index (χ1n) is 6.84. The molecule has 0 saturated carbocycles. The van der Waals surface area contributed by atoms with Crippen molar-refractivity contribution in [3.05, 3.63) is 46.2 Å². The summed E-state index contributed by atoms with van der Waals surface area (Å²) in [6, 6.07) is 8.83. The van der Waals surface area contributed by atoms with Crippen LogP contribution in [0.15, 0.2) is 35.1 Å². The minimum Gasteiger partial charge on any atom is -0.334 e. The lowest BCUT2D eigenvalue weighted by Gasteiger charge is -2.24. The van der Waals surface area contributed by atoms with Gasteiger partial charge in [-0.05, 0) is 18.9 Å². The maximum atomic E-state index is 12.7. The third kappa shape index (κ3) is 2.80. The zero-order valence-electron chi connectivity index (χ0n) is 11.5. The molecule has 2 heterocycles. The van der Waals surface area contributed by atoms with Crippen LogP contribution >= 0.6 is 12.4 Å². The number of aromatic amines is 1. The van der Waals surface area contributed by atoms with Crippen LogP contribution in [0, 0.1) is 0 Å². The molecule has 5 nitrogen and oxygen atoms in total. The van der Waals surface area contributed by atoms with Crippen LogP contribution < -0.4 is 11.3 Å². The summed E-state index contributed by atoms with van der Waals surface area (Å²) in [7, 11) is 0. The molecule has 1 saturated heterocycles. The molecule has 0 aliphatic carbocycles. The molecule has 0 spiro atoms. The van der Waals surface area contributed by atoms with E-state index in [0.717, 1.165) is 18.2 Å². The van der Waals surface area contributed by atoms with E-state index in [2.05, 4.69) is 4.98 Å². The number of carbonyl (C=O) groups excluding carboxylic acids is 1. The monoisotopic (exact) mass is 307 g/mol. The summed E-state index contributed by atoms with van der Waals surface area (Å²) in [6.45, 7) is 1.18. The Morgan fingerprint density at radius 1 is 1.38 bits per heavy atom. The second-order valence-electron chi connectivity index (χ2n) is 5.12. The third-order valence-electron chi connectivity index (χ3n) is 3.89. The van der Waals surface area contributed by atoms with Gasteiger partial charge in [-0.15, -0.1) is 12.4 Å². The highest BCUT2D eigenvalue weighted by atomic mass is 35.5. The van der Waals surface area contributed by atoms with Gasteiger partial charge in [0.1, 0.15) is 0 Å². The molecular weight excluding hydrogens is 290 g/mol. The van der Waals surface area contributed by atoms with E-state index in [9.17, 15) is 9.59 Å². The van der Waals surface area contributed by atoms with Gasteiger partial charge in [-0.3, -0.25) is 9.59 Å². The van der Waals surface area contributed by atoms with Gasteiger partial charge >= 0.3 is 0 Å². The molecule has 1 unspecified atom stereocenters. The Kier molecular flexibility index (Phi) is 4.65. The van der Waals surface area contributed by atoms with E-state index in [1.165, 1.54) is 6.07 Å². The van der Waals surface area contributed by atoms with Gasteiger partial charge in [0.05, 0.1) is 5.56 Å². The summed E-state index contributed by atoms with van der Waals surface area (Å²) in [5.41, 5.74) is 6.62. The molecule has 21 heavy (non-hydrogen) atoms. The number of rotatable bonds is 2. The lowest BCUT2D eigenvalue weighted by atomic mass is 10.1. The van der Waals surface area contributed by atoms with Crippen molar-refractivity contribution in [1.82, 2.24) is 9.88 Å². The van der Waals surface area contributed by atoms with Gasteiger partial charge in [-0.1, -0.05) is 18.2 Å². The van der Waals surface area contributed by atoms with Crippen LogP contribution in [-0.2, 0) is 0 Å². The molecule has 1 atom stereocenters. The Morgan fingerprint density at radius 3 is 2.90 bits per heavy atom. The Morgan fingerprint density at radius 2 is 2.14 bits per heavy atom. The summed E-state index contributed by atoms with van der Waals surface area (Å²) in [5, 5.41) is 0.778. The summed E-state index contributed by atoms with van der Waals surface area (Å²) >= 11 is 0. The van der Waals surface area contributed by atoms with Crippen LogP contribution in [-0.4, -0.2) is 34.9 Å². The van der Waals surface area contributed by atoms with Crippen LogP contribution in [0.2, 0.25) is 0 Å².